The van der Waals surface area contributed by atoms with Crippen molar-refractivity contribution in [1.82, 2.24) is 15.2 Å². The van der Waals surface area contributed by atoms with E-state index in [-0.39, 0.29) is 17.2 Å². The smallest absolute Gasteiger partial charge is 0.318 e. The SMILES string of the molecule is Cc1nnc(N2CC[C@@H](C(=O)N3N=CC[C@@H]3c3cc(F)cc(F)c3)C(C)(C)C2)o1. The highest BCUT2D eigenvalue weighted by Gasteiger charge is 2.45. The number of piperidine rings is 1. The number of hydrogen-bond acceptors (Lipinski definition) is 6. The third-order valence-corrected chi connectivity index (χ3v) is 5.64. The van der Waals surface area contributed by atoms with E-state index in [0.29, 0.717) is 43.4 Å². The van der Waals surface area contributed by atoms with Crippen LogP contribution in [0.15, 0.2) is 27.7 Å². The summed E-state index contributed by atoms with van der Waals surface area (Å²) in [6.45, 7) is 6.93. The molecule has 1 amide bonds. The van der Waals surface area contributed by atoms with E-state index >= 15 is 0 Å². The molecule has 0 saturated carbocycles. The average Bonchev–Trinajstić information content (AvgIpc) is 3.28. The first-order valence-corrected chi connectivity index (χ1v) is 9.61. The molecule has 0 radical (unpaired) electrons. The summed E-state index contributed by atoms with van der Waals surface area (Å²) in [7, 11) is 0. The van der Waals surface area contributed by atoms with Crippen LogP contribution in [0, 0.1) is 29.9 Å². The molecule has 1 fully saturated rings. The van der Waals surface area contributed by atoms with E-state index in [1.165, 1.54) is 17.1 Å². The van der Waals surface area contributed by atoms with Crippen molar-refractivity contribution < 1.29 is 18.0 Å². The Kier molecular flexibility index (Phi) is 4.84. The van der Waals surface area contributed by atoms with Crippen LogP contribution < -0.4 is 4.90 Å². The highest BCUT2D eigenvalue weighted by atomic mass is 19.1. The molecule has 29 heavy (non-hydrogen) atoms. The van der Waals surface area contributed by atoms with E-state index in [0.717, 1.165) is 6.07 Å². The van der Waals surface area contributed by atoms with Crippen molar-refractivity contribution in [1.29, 1.82) is 0 Å². The lowest BCUT2D eigenvalue weighted by Gasteiger charge is -2.43. The van der Waals surface area contributed by atoms with Crippen LogP contribution in [0.5, 0.6) is 0 Å². The van der Waals surface area contributed by atoms with Crippen LogP contribution in [0.4, 0.5) is 14.8 Å². The number of aryl methyl sites for hydroxylation is 1. The molecule has 7 nitrogen and oxygen atoms in total. The van der Waals surface area contributed by atoms with Gasteiger partial charge in [-0.15, -0.1) is 5.10 Å². The Hall–Kier alpha value is -2.84. The number of amides is 1. The summed E-state index contributed by atoms with van der Waals surface area (Å²) in [5, 5.41) is 13.6. The Morgan fingerprint density at radius 2 is 1.93 bits per heavy atom. The molecule has 2 aliphatic rings. The maximum atomic E-state index is 13.7. The summed E-state index contributed by atoms with van der Waals surface area (Å²) in [6, 6.07) is 3.29. The van der Waals surface area contributed by atoms with E-state index in [1.807, 2.05) is 18.7 Å². The van der Waals surface area contributed by atoms with Crippen molar-refractivity contribution >= 4 is 18.1 Å². The Morgan fingerprint density at radius 1 is 1.21 bits per heavy atom. The Labute approximate surface area is 167 Å². The van der Waals surface area contributed by atoms with Crippen LogP contribution in [0.3, 0.4) is 0 Å². The van der Waals surface area contributed by atoms with E-state index in [2.05, 4.69) is 15.3 Å². The third-order valence-electron chi connectivity index (χ3n) is 5.64. The number of benzene rings is 1. The molecule has 1 aromatic heterocycles. The first-order chi connectivity index (χ1) is 13.7. The minimum atomic E-state index is -0.664. The molecule has 0 spiro atoms. The molecule has 154 valence electrons. The Bertz CT molecular complexity index is 938. The molecule has 0 unspecified atom stereocenters. The van der Waals surface area contributed by atoms with E-state index in [1.54, 1.807) is 13.1 Å². The maximum Gasteiger partial charge on any atom is 0.318 e. The molecule has 0 N–H and O–H groups in total. The van der Waals surface area contributed by atoms with Crippen LogP contribution in [0.1, 0.15) is 44.2 Å². The Morgan fingerprint density at radius 3 is 2.55 bits per heavy atom. The van der Waals surface area contributed by atoms with Crippen molar-refractivity contribution in [2.24, 2.45) is 16.4 Å². The summed E-state index contributed by atoms with van der Waals surface area (Å²) in [6.07, 6.45) is 2.63. The zero-order chi connectivity index (χ0) is 20.8. The second-order valence-electron chi connectivity index (χ2n) is 8.29. The molecular weight excluding hydrogens is 380 g/mol. The molecule has 2 aliphatic heterocycles. The van der Waals surface area contributed by atoms with Crippen molar-refractivity contribution in [2.45, 2.75) is 39.7 Å². The number of aromatic nitrogens is 2. The van der Waals surface area contributed by atoms with Crippen LogP contribution in [0.2, 0.25) is 0 Å². The third kappa shape index (κ3) is 3.73. The minimum Gasteiger partial charge on any atom is -0.408 e. The van der Waals surface area contributed by atoms with Crippen LogP contribution in [-0.2, 0) is 4.79 Å². The number of anilines is 1. The van der Waals surface area contributed by atoms with E-state index in [9.17, 15) is 13.6 Å². The van der Waals surface area contributed by atoms with Crippen LogP contribution >= 0.6 is 0 Å². The number of nitrogens with zero attached hydrogens (tertiary/aromatic N) is 5. The zero-order valence-corrected chi connectivity index (χ0v) is 16.6. The lowest BCUT2D eigenvalue weighted by atomic mass is 9.73. The van der Waals surface area contributed by atoms with E-state index < -0.39 is 17.7 Å². The normalized spacial score (nSPS) is 23.6. The molecule has 3 heterocycles. The van der Waals surface area contributed by atoms with Crippen molar-refractivity contribution in [3.8, 4) is 0 Å². The summed E-state index contributed by atoms with van der Waals surface area (Å²) in [5.74, 6) is -1.27. The van der Waals surface area contributed by atoms with Crippen LogP contribution in [0.25, 0.3) is 0 Å². The first kappa shape index (κ1) is 19.5. The molecule has 0 bridgehead atoms. The fraction of sp³-hybridized carbons (Fsp3) is 0.500. The molecular formula is C20H23F2N5O2. The molecule has 1 aromatic carbocycles. The predicted molar refractivity (Wildman–Crippen MR) is 102 cm³/mol. The first-order valence-electron chi connectivity index (χ1n) is 9.61. The summed E-state index contributed by atoms with van der Waals surface area (Å²) in [4.78, 5) is 15.4. The van der Waals surface area contributed by atoms with Gasteiger partial charge in [-0.1, -0.05) is 18.9 Å². The summed E-state index contributed by atoms with van der Waals surface area (Å²) >= 11 is 0. The predicted octanol–water partition coefficient (Wildman–Crippen LogP) is 3.47. The van der Waals surface area contributed by atoms with Gasteiger partial charge in [-0.05, 0) is 29.5 Å². The van der Waals surface area contributed by atoms with Gasteiger partial charge in [0.2, 0.25) is 11.8 Å². The highest BCUT2D eigenvalue weighted by Crippen LogP contribution is 2.40. The van der Waals surface area contributed by atoms with Gasteiger partial charge in [-0.25, -0.2) is 13.8 Å². The van der Waals surface area contributed by atoms with Gasteiger partial charge < -0.3 is 9.32 Å². The second kappa shape index (κ2) is 7.20. The lowest BCUT2D eigenvalue weighted by molar-refractivity contribution is -0.142. The van der Waals surface area contributed by atoms with E-state index in [4.69, 9.17) is 4.42 Å². The zero-order valence-electron chi connectivity index (χ0n) is 16.6. The number of rotatable bonds is 3. The monoisotopic (exact) mass is 403 g/mol. The van der Waals surface area contributed by atoms with Gasteiger partial charge in [0, 0.05) is 44.6 Å². The lowest BCUT2D eigenvalue weighted by Crippen LogP contribution is -2.51. The molecule has 1 saturated heterocycles. The molecule has 4 rings (SSSR count). The number of carbonyl (C=O) groups excluding carboxylic acids is 1. The van der Waals surface area contributed by atoms with Gasteiger partial charge in [0.25, 0.3) is 0 Å². The van der Waals surface area contributed by atoms with Gasteiger partial charge in [0.05, 0.1) is 6.04 Å². The summed E-state index contributed by atoms with van der Waals surface area (Å²) in [5.41, 5.74) is 0.0259. The minimum absolute atomic E-state index is 0.139. The number of hydrogen-bond donors (Lipinski definition) is 0. The number of hydrazone groups is 1. The van der Waals surface area contributed by atoms with Gasteiger partial charge in [-0.3, -0.25) is 4.79 Å². The maximum absolute atomic E-state index is 13.7. The average molecular weight is 403 g/mol. The fourth-order valence-corrected chi connectivity index (χ4v) is 4.22. The molecule has 9 heteroatoms. The second-order valence-corrected chi connectivity index (χ2v) is 8.29. The molecule has 0 aliphatic carbocycles. The number of carbonyl (C=O) groups is 1. The van der Waals surface area contributed by atoms with Gasteiger partial charge in [0.15, 0.2) is 0 Å². The molecule has 2 aromatic rings. The van der Waals surface area contributed by atoms with Crippen molar-refractivity contribution in [3.63, 3.8) is 0 Å². The van der Waals surface area contributed by atoms with Crippen molar-refractivity contribution in [3.05, 3.63) is 41.3 Å². The standard InChI is InChI=1S/C20H23F2N5O2/c1-12-24-25-19(29-12)26-7-5-16(20(2,3)11-26)18(28)27-17(4-6-23-27)13-8-14(21)10-15(22)9-13/h6,8-10,16-17H,4-5,7,11H2,1-3H3/t16-,17+/m0/s1. The summed E-state index contributed by atoms with van der Waals surface area (Å²) < 4.78 is 32.9. The van der Waals surface area contributed by atoms with Gasteiger partial charge >= 0.3 is 6.01 Å². The largest absolute Gasteiger partial charge is 0.408 e. The van der Waals surface area contributed by atoms with Crippen molar-refractivity contribution in [2.75, 3.05) is 18.0 Å². The van der Waals surface area contributed by atoms with Gasteiger partial charge in [0.1, 0.15) is 11.6 Å². The van der Waals surface area contributed by atoms with Gasteiger partial charge in [-0.2, -0.15) is 5.10 Å². The topological polar surface area (TPSA) is 74.8 Å². The quantitative estimate of drug-likeness (QED) is 0.785. The van der Waals surface area contributed by atoms with Crippen LogP contribution in [-0.4, -0.2) is 40.4 Å². The number of halogens is 2. The fourth-order valence-electron chi connectivity index (χ4n) is 4.22. The highest BCUT2D eigenvalue weighted by molar-refractivity contribution is 5.83. The molecule has 2 atom stereocenters. The Balaban J connectivity index is 1.53.